The smallest absolute Gasteiger partial charge is 0.161 e. The molecule has 1 unspecified atom stereocenters. The fraction of sp³-hybridized carbons (Fsp3) is 0.667. The molecule has 0 aromatic heterocycles. The Bertz CT molecular complexity index is 420. The lowest BCUT2D eigenvalue weighted by atomic mass is 9.99. The molecule has 1 aromatic carbocycles. The summed E-state index contributed by atoms with van der Waals surface area (Å²) in [7, 11) is 0. The number of hydrogen-bond donors (Lipinski definition) is 1. The Morgan fingerprint density at radius 3 is 2.62 bits per heavy atom. The highest BCUT2D eigenvalue weighted by Crippen LogP contribution is 2.33. The average Bonchev–Trinajstić information content (AvgIpc) is 2.75. The van der Waals surface area contributed by atoms with Gasteiger partial charge in [0.25, 0.3) is 0 Å². The maximum atomic E-state index is 5.82. The van der Waals surface area contributed by atoms with E-state index in [1.165, 1.54) is 31.2 Å². The van der Waals surface area contributed by atoms with E-state index < -0.39 is 0 Å². The molecule has 21 heavy (non-hydrogen) atoms. The number of benzene rings is 1. The number of nitrogens with one attached hydrogen (secondary N) is 1. The van der Waals surface area contributed by atoms with Crippen molar-refractivity contribution >= 4 is 0 Å². The van der Waals surface area contributed by atoms with Crippen LogP contribution in [0.3, 0.4) is 0 Å². The lowest BCUT2D eigenvalue weighted by Crippen LogP contribution is -2.22. The van der Waals surface area contributed by atoms with Crippen LogP contribution < -0.4 is 14.8 Å². The molecule has 118 valence electrons. The molecule has 0 saturated heterocycles. The minimum atomic E-state index is 0.425. The third-order valence-corrected chi connectivity index (χ3v) is 3.91. The molecule has 0 saturated carbocycles. The Kier molecular flexibility index (Phi) is 6.87. The molecule has 1 atom stereocenters. The van der Waals surface area contributed by atoms with Crippen molar-refractivity contribution in [1.82, 2.24) is 5.32 Å². The SMILES string of the molecule is CCCCCC(NCCC)c1ccc2c(c1)OCCCO2. The molecule has 2 rings (SSSR count). The summed E-state index contributed by atoms with van der Waals surface area (Å²) in [4.78, 5) is 0. The van der Waals surface area contributed by atoms with Crippen molar-refractivity contribution in [2.75, 3.05) is 19.8 Å². The van der Waals surface area contributed by atoms with Crippen LogP contribution in [-0.2, 0) is 0 Å². The van der Waals surface area contributed by atoms with Gasteiger partial charge in [0.2, 0.25) is 0 Å². The van der Waals surface area contributed by atoms with Gasteiger partial charge in [0.05, 0.1) is 13.2 Å². The molecule has 1 heterocycles. The third-order valence-electron chi connectivity index (χ3n) is 3.91. The first-order chi connectivity index (χ1) is 10.3. The van der Waals surface area contributed by atoms with Crippen molar-refractivity contribution in [3.8, 4) is 11.5 Å². The lowest BCUT2D eigenvalue weighted by Gasteiger charge is -2.20. The van der Waals surface area contributed by atoms with Gasteiger partial charge in [-0.1, -0.05) is 39.2 Å². The molecule has 0 spiro atoms. The molecule has 0 aliphatic carbocycles. The Balaban J connectivity index is 2.08. The predicted molar refractivity (Wildman–Crippen MR) is 87.2 cm³/mol. The Labute approximate surface area is 129 Å². The molecule has 1 N–H and O–H groups in total. The van der Waals surface area contributed by atoms with Gasteiger partial charge in [0, 0.05) is 12.5 Å². The molecule has 3 heteroatoms. The van der Waals surface area contributed by atoms with E-state index in [1.807, 2.05) is 0 Å². The van der Waals surface area contributed by atoms with Crippen molar-refractivity contribution in [2.24, 2.45) is 0 Å². The molecule has 0 fully saturated rings. The fourth-order valence-electron chi connectivity index (χ4n) is 2.70. The maximum Gasteiger partial charge on any atom is 0.161 e. The number of ether oxygens (including phenoxy) is 2. The largest absolute Gasteiger partial charge is 0.490 e. The molecule has 1 aliphatic rings. The van der Waals surface area contributed by atoms with Crippen molar-refractivity contribution in [2.45, 2.75) is 58.4 Å². The van der Waals surface area contributed by atoms with Gasteiger partial charge in [-0.3, -0.25) is 0 Å². The first kappa shape index (κ1) is 16.2. The van der Waals surface area contributed by atoms with Crippen LogP contribution in [0.5, 0.6) is 11.5 Å². The van der Waals surface area contributed by atoms with E-state index in [-0.39, 0.29) is 0 Å². The normalized spacial score (nSPS) is 15.5. The standard InChI is InChI=1S/C18H29NO2/c1-3-5-6-8-16(19-11-4-2)15-9-10-17-18(14-15)21-13-7-12-20-17/h9-10,14,16,19H,3-8,11-13H2,1-2H3. The van der Waals surface area contributed by atoms with Crippen LogP contribution in [0.2, 0.25) is 0 Å². The summed E-state index contributed by atoms with van der Waals surface area (Å²) in [5.41, 5.74) is 1.32. The quantitative estimate of drug-likeness (QED) is 0.717. The topological polar surface area (TPSA) is 30.5 Å². The highest BCUT2D eigenvalue weighted by atomic mass is 16.5. The summed E-state index contributed by atoms with van der Waals surface area (Å²) in [5.74, 6) is 1.79. The van der Waals surface area contributed by atoms with E-state index in [0.717, 1.165) is 44.1 Å². The zero-order valence-corrected chi connectivity index (χ0v) is 13.5. The maximum absolute atomic E-state index is 5.82. The number of hydrogen-bond acceptors (Lipinski definition) is 3. The summed E-state index contributed by atoms with van der Waals surface area (Å²) < 4.78 is 11.5. The Hall–Kier alpha value is -1.22. The van der Waals surface area contributed by atoms with Gasteiger partial charge in [0.15, 0.2) is 11.5 Å². The van der Waals surface area contributed by atoms with Crippen molar-refractivity contribution in [3.05, 3.63) is 23.8 Å². The van der Waals surface area contributed by atoms with Crippen molar-refractivity contribution in [1.29, 1.82) is 0 Å². The molecular weight excluding hydrogens is 262 g/mol. The number of fused-ring (bicyclic) bond motifs is 1. The van der Waals surface area contributed by atoms with Crippen molar-refractivity contribution < 1.29 is 9.47 Å². The van der Waals surface area contributed by atoms with Gasteiger partial charge in [-0.15, -0.1) is 0 Å². The van der Waals surface area contributed by atoms with E-state index in [9.17, 15) is 0 Å². The van der Waals surface area contributed by atoms with E-state index in [4.69, 9.17) is 9.47 Å². The van der Waals surface area contributed by atoms with Crippen LogP contribution in [0.1, 0.15) is 64.0 Å². The van der Waals surface area contributed by atoms with Crippen LogP contribution in [0.4, 0.5) is 0 Å². The van der Waals surface area contributed by atoms with E-state index in [2.05, 4.69) is 37.4 Å². The molecule has 3 nitrogen and oxygen atoms in total. The summed E-state index contributed by atoms with van der Waals surface area (Å²) >= 11 is 0. The van der Waals surface area contributed by atoms with Crippen LogP contribution in [0.25, 0.3) is 0 Å². The zero-order valence-electron chi connectivity index (χ0n) is 13.5. The zero-order chi connectivity index (χ0) is 14.9. The van der Waals surface area contributed by atoms with Gasteiger partial charge < -0.3 is 14.8 Å². The van der Waals surface area contributed by atoms with Crippen LogP contribution >= 0.6 is 0 Å². The minimum absolute atomic E-state index is 0.425. The summed E-state index contributed by atoms with van der Waals surface area (Å²) in [5, 5.41) is 3.67. The van der Waals surface area contributed by atoms with E-state index in [0.29, 0.717) is 6.04 Å². The summed E-state index contributed by atoms with van der Waals surface area (Å²) in [6, 6.07) is 6.84. The monoisotopic (exact) mass is 291 g/mol. The predicted octanol–water partition coefficient (Wildman–Crippen LogP) is 4.47. The molecule has 0 amide bonds. The number of rotatable bonds is 8. The third kappa shape index (κ3) is 4.92. The van der Waals surface area contributed by atoms with Gasteiger partial charge in [-0.25, -0.2) is 0 Å². The Morgan fingerprint density at radius 2 is 1.86 bits per heavy atom. The second kappa shape index (κ2) is 8.93. The molecular formula is C18H29NO2. The minimum Gasteiger partial charge on any atom is -0.490 e. The van der Waals surface area contributed by atoms with Crippen LogP contribution in [-0.4, -0.2) is 19.8 Å². The van der Waals surface area contributed by atoms with Crippen molar-refractivity contribution in [3.63, 3.8) is 0 Å². The van der Waals surface area contributed by atoms with Gasteiger partial charge in [0.1, 0.15) is 0 Å². The first-order valence-corrected chi connectivity index (χ1v) is 8.48. The second-order valence-corrected chi connectivity index (χ2v) is 5.76. The summed E-state index contributed by atoms with van der Waals surface area (Å²) in [6.07, 6.45) is 7.14. The second-order valence-electron chi connectivity index (χ2n) is 5.76. The highest BCUT2D eigenvalue weighted by Gasteiger charge is 2.15. The van der Waals surface area contributed by atoms with Gasteiger partial charge in [-0.2, -0.15) is 0 Å². The van der Waals surface area contributed by atoms with Gasteiger partial charge in [-0.05, 0) is 37.1 Å². The van der Waals surface area contributed by atoms with E-state index >= 15 is 0 Å². The van der Waals surface area contributed by atoms with Gasteiger partial charge >= 0.3 is 0 Å². The lowest BCUT2D eigenvalue weighted by molar-refractivity contribution is 0.297. The first-order valence-electron chi connectivity index (χ1n) is 8.48. The van der Waals surface area contributed by atoms with E-state index in [1.54, 1.807) is 0 Å². The average molecular weight is 291 g/mol. The highest BCUT2D eigenvalue weighted by molar-refractivity contribution is 5.44. The van der Waals surface area contributed by atoms with Crippen LogP contribution in [0.15, 0.2) is 18.2 Å². The molecule has 1 aliphatic heterocycles. The summed E-state index contributed by atoms with van der Waals surface area (Å²) in [6.45, 7) is 7.02. The molecule has 1 aromatic rings. The Morgan fingerprint density at radius 1 is 1.05 bits per heavy atom. The fourth-order valence-corrected chi connectivity index (χ4v) is 2.70. The molecule has 0 radical (unpaired) electrons. The van der Waals surface area contributed by atoms with Crippen LogP contribution in [0, 0.1) is 0 Å². The number of unbranched alkanes of at least 4 members (excludes halogenated alkanes) is 2. The molecule has 0 bridgehead atoms.